The number of methoxy groups -OCH3 is 1. The Labute approximate surface area is 115 Å². The number of nitrogens with zero attached hydrogens (tertiary/aromatic N) is 1. The molecule has 0 saturated carbocycles. The zero-order chi connectivity index (χ0) is 13.2. The van der Waals surface area contributed by atoms with Crippen LogP contribution in [0.1, 0.15) is 24.5 Å². The minimum absolute atomic E-state index is 0.337. The van der Waals surface area contributed by atoms with E-state index in [9.17, 15) is 0 Å². The van der Waals surface area contributed by atoms with Crippen molar-refractivity contribution in [1.82, 2.24) is 4.90 Å². The van der Waals surface area contributed by atoms with Crippen LogP contribution in [0.4, 0.5) is 0 Å². The van der Waals surface area contributed by atoms with Crippen molar-refractivity contribution in [2.75, 3.05) is 26.8 Å². The van der Waals surface area contributed by atoms with Gasteiger partial charge in [0, 0.05) is 19.0 Å². The molecule has 1 heterocycles. The molecule has 1 aliphatic carbocycles. The van der Waals surface area contributed by atoms with Crippen LogP contribution >= 0.6 is 0 Å². The van der Waals surface area contributed by atoms with Crippen molar-refractivity contribution in [3.05, 3.63) is 29.3 Å². The summed E-state index contributed by atoms with van der Waals surface area (Å²) in [6.45, 7) is 5.38. The third-order valence-electron chi connectivity index (χ3n) is 4.40. The van der Waals surface area contributed by atoms with Gasteiger partial charge in [-0.3, -0.25) is 4.90 Å². The average molecular weight is 261 g/mol. The Bertz CT molecular complexity index is 444. The molecule has 2 atom stereocenters. The van der Waals surface area contributed by atoms with Crippen LogP contribution in [0.25, 0.3) is 0 Å². The molecule has 0 bridgehead atoms. The lowest BCUT2D eigenvalue weighted by Crippen LogP contribution is -2.55. The van der Waals surface area contributed by atoms with E-state index in [0.717, 1.165) is 31.7 Å². The minimum Gasteiger partial charge on any atom is -0.496 e. The molecule has 19 heavy (non-hydrogen) atoms. The number of rotatable bonds is 3. The molecule has 1 aromatic carbocycles. The zero-order valence-electron chi connectivity index (χ0n) is 11.9. The standard InChI is InChI=1S/C16H23NO2/c1-3-7-17-8-9-19-16-11-13-12(10-14(16)17)5-4-6-15(13)18-2/h4-6,14,16H,3,7-11H2,1-2H3/t14?,16-/m0/s1. The molecule has 3 heteroatoms. The Hall–Kier alpha value is -1.06. The van der Waals surface area contributed by atoms with Gasteiger partial charge in [0.1, 0.15) is 5.75 Å². The van der Waals surface area contributed by atoms with Crippen molar-refractivity contribution in [3.8, 4) is 5.75 Å². The Kier molecular flexibility index (Phi) is 3.76. The second kappa shape index (κ2) is 5.51. The van der Waals surface area contributed by atoms with E-state index in [1.54, 1.807) is 7.11 Å². The SMILES string of the molecule is CCCN1CCO[C@H]2Cc3c(cccc3OC)CC21. The largest absolute Gasteiger partial charge is 0.496 e. The van der Waals surface area contributed by atoms with Gasteiger partial charge in [-0.2, -0.15) is 0 Å². The first-order valence-electron chi connectivity index (χ1n) is 7.34. The molecule has 3 nitrogen and oxygen atoms in total. The highest BCUT2D eigenvalue weighted by Gasteiger charge is 2.36. The summed E-state index contributed by atoms with van der Waals surface area (Å²) < 4.78 is 11.5. The molecule has 1 saturated heterocycles. The highest BCUT2D eigenvalue weighted by molar-refractivity contribution is 5.43. The quantitative estimate of drug-likeness (QED) is 0.833. The summed E-state index contributed by atoms with van der Waals surface area (Å²) >= 11 is 0. The Morgan fingerprint density at radius 1 is 1.37 bits per heavy atom. The molecule has 1 fully saturated rings. The van der Waals surface area contributed by atoms with Crippen LogP contribution in [0.3, 0.4) is 0 Å². The number of fused-ring (bicyclic) bond motifs is 2. The van der Waals surface area contributed by atoms with Crippen LogP contribution < -0.4 is 4.74 Å². The molecule has 0 N–H and O–H groups in total. The van der Waals surface area contributed by atoms with Crippen LogP contribution in [0.5, 0.6) is 5.75 Å². The van der Waals surface area contributed by atoms with Gasteiger partial charge in [0.25, 0.3) is 0 Å². The smallest absolute Gasteiger partial charge is 0.122 e. The fourth-order valence-electron chi connectivity index (χ4n) is 3.51. The van der Waals surface area contributed by atoms with Crippen molar-refractivity contribution in [3.63, 3.8) is 0 Å². The zero-order valence-corrected chi connectivity index (χ0v) is 11.9. The number of hydrogen-bond donors (Lipinski definition) is 0. The Morgan fingerprint density at radius 2 is 2.26 bits per heavy atom. The topological polar surface area (TPSA) is 21.7 Å². The number of benzene rings is 1. The molecular weight excluding hydrogens is 238 g/mol. The van der Waals surface area contributed by atoms with E-state index >= 15 is 0 Å². The first-order chi connectivity index (χ1) is 9.33. The van der Waals surface area contributed by atoms with Gasteiger partial charge in [-0.05, 0) is 36.6 Å². The third kappa shape index (κ3) is 2.37. The summed E-state index contributed by atoms with van der Waals surface area (Å²) in [5.74, 6) is 1.02. The lowest BCUT2D eigenvalue weighted by molar-refractivity contribution is -0.0741. The molecule has 104 valence electrons. The molecule has 0 spiro atoms. The molecule has 0 aromatic heterocycles. The maximum absolute atomic E-state index is 6.02. The van der Waals surface area contributed by atoms with Crippen LogP contribution in [-0.2, 0) is 17.6 Å². The summed E-state index contributed by atoms with van der Waals surface area (Å²) in [6, 6.07) is 6.96. The van der Waals surface area contributed by atoms with Crippen LogP contribution in [0, 0.1) is 0 Å². The molecule has 2 aliphatic rings. The van der Waals surface area contributed by atoms with E-state index < -0.39 is 0 Å². The summed E-state index contributed by atoms with van der Waals surface area (Å²) in [6.07, 6.45) is 3.64. The Balaban J connectivity index is 1.88. The number of hydrogen-bond acceptors (Lipinski definition) is 3. The molecule has 3 rings (SSSR count). The molecule has 1 aliphatic heterocycles. The van der Waals surface area contributed by atoms with E-state index in [0.29, 0.717) is 12.1 Å². The van der Waals surface area contributed by atoms with Gasteiger partial charge < -0.3 is 9.47 Å². The van der Waals surface area contributed by atoms with Crippen LogP contribution in [0.15, 0.2) is 18.2 Å². The summed E-state index contributed by atoms with van der Waals surface area (Å²) in [7, 11) is 1.76. The molecule has 0 radical (unpaired) electrons. The average Bonchev–Trinajstić information content (AvgIpc) is 2.45. The van der Waals surface area contributed by atoms with E-state index in [4.69, 9.17) is 9.47 Å². The maximum Gasteiger partial charge on any atom is 0.122 e. The normalized spacial score (nSPS) is 26.6. The van der Waals surface area contributed by atoms with Crippen molar-refractivity contribution in [1.29, 1.82) is 0 Å². The van der Waals surface area contributed by atoms with E-state index in [1.807, 2.05) is 0 Å². The molecule has 1 aromatic rings. The van der Waals surface area contributed by atoms with E-state index in [2.05, 4.69) is 30.0 Å². The van der Waals surface area contributed by atoms with Gasteiger partial charge in [-0.15, -0.1) is 0 Å². The third-order valence-corrected chi connectivity index (χ3v) is 4.40. The van der Waals surface area contributed by atoms with Crippen LogP contribution in [-0.4, -0.2) is 43.9 Å². The summed E-state index contributed by atoms with van der Waals surface area (Å²) in [5, 5.41) is 0. The second-order valence-electron chi connectivity index (χ2n) is 5.52. The highest BCUT2D eigenvalue weighted by atomic mass is 16.5. The second-order valence-corrected chi connectivity index (χ2v) is 5.52. The van der Waals surface area contributed by atoms with Gasteiger partial charge in [0.15, 0.2) is 0 Å². The predicted molar refractivity (Wildman–Crippen MR) is 75.8 cm³/mol. The van der Waals surface area contributed by atoms with Crippen molar-refractivity contribution in [2.45, 2.75) is 38.3 Å². The first-order valence-corrected chi connectivity index (χ1v) is 7.34. The number of morpholine rings is 1. The predicted octanol–water partition coefficient (Wildman–Crippen LogP) is 2.27. The first kappa shape index (κ1) is 12.9. The Morgan fingerprint density at radius 3 is 3.05 bits per heavy atom. The molecule has 0 amide bonds. The lowest BCUT2D eigenvalue weighted by Gasteiger charge is -2.44. The lowest BCUT2D eigenvalue weighted by atomic mass is 9.84. The van der Waals surface area contributed by atoms with Gasteiger partial charge in [0.2, 0.25) is 0 Å². The van der Waals surface area contributed by atoms with Gasteiger partial charge in [0.05, 0.1) is 19.8 Å². The minimum atomic E-state index is 0.337. The highest BCUT2D eigenvalue weighted by Crippen LogP contribution is 2.34. The van der Waals surface area contributed by atoms with E-state index in [1.165, 1.54) is 24.1 Å². The molecule has 1 unspecified atom stereocenters. The van der Waals surface area contributed by atoms with Crippen molar-refractivity contribution < 1.29 is 9.47 Å². The molecular formula is C16H23NO2. The monoisotopic (exact) mass is 261 g/mol. The van der Waals surface area contributed by atoms with E-state index in [-0.39, 0.29) is 0 Å². The fourth-order valence-corrected chi connectivity index (χ4v) is 3.51. The summed E-state index contributed by atoms with van der Waals surface area (Å²) in [4.78, 5) is 2.61. The fraction of sp³-hybridized carbons (Fsp3) is 0.625. The van der Waals surface area contributed by atoms with Gasteiger partial charge in [-0.25, -0.2) is 0 Å². The summed E-state index contributed by atoms with van der Waals surface area (Å²) in [5.41, 5.74) is 2.79. The van der Waals surface area contributed by atoms with Gasteiger partial charge in [-0.1, -0.05) is 19.1 Å². The van der Waals surface area contributed by atoms with Crippen LogP contribution in [0.2, 0.25) is 0 Å². The maximum atomic E-state index is 6.02. The van der Waals surface area contributed by atoms with Gasteiger partial charge >= 0.3 is 0 Å². The van der Waals surface area contributed by atoms with Crippen molar-refractivity contribution in [2.24, 2.45) is 0 Å². The number of ether oxygens (including phenoxy) is 2. The van der Waals surface area contributed by atoms with Crippen molar-refractivity contribution >= 4 is 0 Å².